The lowest BCUT2D eigenvalue weighted by Gasteiger charge is -2.09. The molecule has 0 unspecified atom stereocenters. The summed E-state index contributed by atoms with van der Waals surface area (Å²) in [4.78, 5) is 0. The molecule has 2 rings (SSSR count). The summed E-state index contributed by atoms with van der Waals surface area (Å²) < 4.78 is 14.0. The van der Waals surface area contributed by atoms with Gasteiger partial charge in [0.05, 0.1) is 0 Å². The van der Waals surface area contributed by atoms with Gasteiger partial charge in [-0.3, -0.25) is 0 Å². The van der Waals surface area contributed by atoms with Crippen molar-refractivity contribution in [1.82, 2.24) is 0 Å². The predicted octanol–water partition coefficient (Wildman–Crippen LogP) is 4.85. The Bertz CT molecular complexity index is 531. The van der Waals surface area contributed by atoms with E-state index < -0.39 is 0 Å². The number of nitrogens with one attached hydrogen (secondary N) is 1. The van der Waals surface area contributed by atoms with Crippen LogP contribution in [0.4, 0.5) is 10.1 Å². The van der Waals surface area contributed by atoms with Crippen molar-refractivity contribution in [2.75, 3.05) is 5.32 Å². The highest BCUT2D eigenvalue weighted by atomic mass is 79.9. The number of para-hydroxylation sites is 1. The Balaban J connectivity index is 2.12. The second kappa shape index (κ2) is 5.52. The summed E-state index contributed by atoms with van der Waals surface area (Å²) in [5, 5.41) is 3.76. The van der Waals surface area contributed by atoms with Crippen molar-refractivity contribution in [1.29, 1.82) is 0 Å². The summed E-state index contributed by atoms with van der Waals surface area (Å²) in [6.45, 7) is 0.485. The fourth-order valence-electron chi connectivity index (χ4n) is 1.47. The van der Waals surface area contributed by atoms with Gasteiger partial charge in [0.25, 0.3) is 0 Å². The third-order valence-electron chi connectivity index (χ3n) is 2.35. The van der Waals surface area contributed by atoms with E-state index in [2.05, 4.69) is 21.2 Å². The molecule has 0 heterocycles. The minimum absolute atomic E-state index is 0.279. The minimum atomic E-state index is -0.279. The highest BCUT2D eigenvalue weighted by molar-refractivity contribution is 9.10. The Hall–Kier alpha value is -1.06. The minimum Gasteiger partial charge on any atom is -0.380 e. The summed E-state index contributed by atoms with van der Waals surface area (Å²) in [7, 11) is 0. The maximum Gasteiger partial charge on any atom is 0.123 e. The van der Waals surface area contributed by atoms with Crippen molar-refractivity contribution in [2.24, 2.45) is 0 Å². The van der Waals surface area contributed by atoms with Crippen LogP contribution in [0.5, 0.6) is 0 Å². The molecule has 88 valence electrons. The summed E-state index contributed by atoms with van der Waals surface area (Å²) in [6, 6.07) is 12.1. The van der Waals surface area contributed by atoms with Crippen LogP contribution in [0.2, 0.25) is 5.02 Å². The van der Waals surface area contributed by atoms with Gasteiger partial charge >= 0.3 is 0 Å². The van der Waals surface area contributed by atoms with Crippen LogP contribution in [-0.4, -0.2) is 0 Å². The summed E-state index contributed by atoms with van der Waals surface area (Å²) in [5.74, 6) is -0.279. The molecule has 0 saturated carbocycles. The molecule has 0 fully saturated rings. The van der Waals surface area contributed by atoms with Gasteiger partial charge in [0.15, 0.2) is 0 Å². The summed E-state index contributed by atoms with van der Waals surface area (Å²) in [5.41, 5.74) is 1.69. The second-order valence-electron chi connectivity index (χ2n) is 3.57. The average molecular weight is 315 g/mol. The van der Waals surface area contributed by atoms with Crippen molar-refractivity contribution in [3.63, 3.8) is 0 Å². The van der Waals surface area contributed by atoms with E-state index in [1.807, 2.05) is 24.3 Å². The lowest BCUT2D eigenvalue weighted by Crippen LogP contribution is -2.01. The molecule has 1 N–H and O–H groups in total. The van der Waals surface area contributed by atoms with E-state index in [9.17, 15) is 4.39 Å². The van der Waals surface area contributed by atoms with Crippen molar-refractivity contribution < 1.29 is 4.39 Å². The van der Waals surface area contributed by atoms with Gasteiger partial charge in [-0.1, -0.05) is 23.7 Å². The molecule has 0 radical (unpaired) electrons. The molecule has 1 nitrogen and oxygen atoms in total. The zero-order valence-corrected chi connectivity index (χ0v) is 11.2. The first-order chi connectivity index (χ1) is 8.16. The number of anilines is 1. The normalized spacial score (nSPS) is 10.3. The number of hydrogen-bond donors (Lipinski definition) is 1. The number of halogens is 3. The molecular weight excluding hydrogens is 305 g/mol. The molecule has 0 aromatic heterocycles. The quantitative estimate of drug-likeness (QED) is 0.853. The summed E-state index contributed by atoms with van der Waals surface area (Å²) in [6.07, 6.45) is 0. The maximum atomic E-state index is 13.1. The third-order valence-corrected chi connectivity index (χ3v) is 3.41. The van der Waals surface area contributed by atoms with E-state index in [1.54, 1.807) is 6.07 Å². The van der Waals surface area contributed by atoms with Gasteiger partial charge in [0, 0.05) is 21.7 Å². The van der Waals surface area contributed by atoms with Crippen molar-refractivity contribution in [3.8, 4) is 0 Å². The van der Waals surface area contributed by atoms with Gasteiger partial charge in [-0.15, -0.1) is 0 Å². The molecule has 0 spiro atoms. The van der Waals surface area contributed by atoms with Crippen molar-refractivity contribution in [3.05, 3.63) is 63.3 Å². The van der Waals surface area contributed by atoms with Crippen LogP contribution >= 0.6 is 27.5 Å². The molecular formula is C13H10BrClFN. The summed E-state index contributed by atoms with van der Waals surface area (Å²) >= 11 is 9.42. The molecule has 2 aromatic rings. The third kappa shape index (κ3) is 3.20. The van der Waals surface area contributed by atoms with Gasteiger partial charge in [-0.05, 0) is 51.8 Å². The Morgan fingerprint density at radius 1 is 1.18 bits per heavy atom. The molecule has 0 amide bonds. The molecule has 0 aliphatic carbocycles. The highest BCUT2D eigenvalue weighted by Gasteiger charge is 2.03. The number of hydrogen-bond acceptors (Lipinski definition) is 1. The van der Waals surface area contributed by atoms with Crippen molar-refractivity contribution >= 4 is 33.2 Å². The first-order valence-electron chi connectivity index (χ1n) is 5.09. The Labute approximate surface area is 113 Å². The average Bonchev–Trinajstić information content (AvgIpc) is 2.32. The van der Waals surface area contributed by atoms with E-state index in [1.165, 1.54) is 12.1 Å². The highest BCUT2D eigenvalue weighted by Crippen LogP contribution is 2.23. The number of benzene rings is 2. The molecule has 0 aliphatic heterocycles. The number of rotatable bonds is 3. The van der Waals surface area contributed by atoms with Gasteiger partial charge in [-0.25, -0.2) is 4.39 Å². The van der Waals surface area contributed by atoms with Crippen LogP contribution < -0.4 is 5.32 Å². The zero-order valence-electron chi connectivity index (χ0n) is 8.88. The second-order valence-corrected chi connectivity index (χ2v) is 4.83. The molecule has 4 heteroatoms. The standard InChI is InChI=1S/C13H10BrClFN/c14-11-3-1-2-4-13(11)17-8-9-7-10(16)5-6-12(9)15/h1-7,17H,8H2. The molecule has 17 heavy (non-hydrogen) atoms. The van der Waals surface area contributed by atoms with E-state index in [4.69, 9.17) is 11.6 Å². The van der Waals surface area contributed by atoms with E-state index >= 15 is 0 Å². The Morgan fingerprint density at radius 3 is 2.71 bits per heavy atom. The first-order valence-corrected chi connectivity index (χ1v) is 6.26. The van der Waals surface area contributed by atoms with Gasteiger partial charge in [-0.2, -0.15) is 0 Å². The lowest BCUT2D eigenvalue weighted by molar-refractivity contribution is 0.626. The fourth-order valence-corrected chi connectivity index (χ4v) is 2.08. The van der Waals surface area contributed by atoms with Crippen LogP contribution in [0.3, 0.4) is 0 Å². The Morgan fingerprint density at radius 2 is 1.94 bits per heavy atom. The van der Waals surface area contributed by atoms with E-state index in [-0.39, 0.29) is 5.82 Å². The monoisotopic (exact) mass is 313 g/mol. The first kappa shape index (κ1) is 12.4. The Kier molecular flexibility index (Phi) is 4.02. The van der Waals surface area contributed by atoms with Crippen LogP contribution in [0, 0.1) is 5.82 Å². The topological polar surface area (TPSA) is 12.0 Å². The SMILES string of the molecule is Fc1ccc(Cl)c(CNc2ccccc2Br)c1. The van der Waals surface area contributed by atoms with Crippen LogP contribution in [0.25, 0.3) is 0 Å². The fraction of sp³-hybridized carbons (Fsp3) is 0.0769. The van der Waals surface area contributed by atoms with Gasteiger partial charge in [0.2, 0.25) is 0 Å². The lowest BCUT2D eigenvalue weighted by atomic mass is 10.2. The van der Waals surface area contributed by atoms with Gasteiger partial charge < -0.3 is 5.32 Å². The molecule has 0 atom stereocenters. The van der Waals surface area contributed by atoms with Gasteiger partial charge in [0.1, 0.15) is 5.82 Å². The molecule has 0 saturated heterocycles. The smallest absolute Gasteiger partial charge is 0.123 e. The molecule has 0 bridgehead atoms. The maximum absolute atomic E-state index is 13.1. The largest absolute Gasteiger partial charge is 0.380 e. The van der Waals surface area contributed by atoms with E-state index in [0.29, 0.717) is 11.6 Å². The molecule has 2 aromatic carbocycles. The zero-order chi connectivity index (χ0) is 12.3. The van der Waals surface area contributed by atoms with Crippen molar-refractivity contribution in [2.45, 2.75) is 6.54 Å². The predicted molar refractivity (Wildman–Crippen MR) is 72.9 cm³/mol. The van der Waals surface area contributed by atoms with Crippen LogP contribution in [-0.2, 0) is 6.54 Å². The van der Waals surface area contributed by atoms with Crippen LogP contribution in [0.15, 0.2) is 46.9 Å². The van der Waals surface area contributed by atoms with Crippen LogP contribution in [0.1, 0.15) is 5.56 Å². The van der Waals surface area contributed by atoms with E-state index in [0.717, 1.165) is 15.7 Å². The molecule has 0 aliphatic rings.